The summed E-state index contributed by atoms with van der Waals surface area (Å²) in [5, 5.41) is 3.39. The first kappa shape index (κ1) is 21.3. The van der Waals surface area contributed by atoms with Gasteiger partial charge in [-0.2, -0.15) is 0 Å². The van der Waals surface area contributed by atoms with Gasteiger partial charge in [0.05, 0.1) is 11.1 Å². The van der Waals surface area contributed by atoms with Crippen LogP contribution in [0.1, 0.15) is 31.2 Å². The first-order valence-electron chi connectivity index (χ1n) is 10.5. The molecular formula is C24H25ClN4O2. The molecule has 2 N–H and O–H groups in total. The van der Waals surface area contributed by atoms with Gasteiger partial charge in [-0.1, -0.05) is 41.9 Å². The lowest BCUT2D eigenvalue weighted by atomic mass is 9.89. The molecule has 1 fully saturated rings. The van der Waals surface area contributed by atoms with Crippen LogP contribution >= 0.6 is 11.6 Å². The second kappa shape index (κ2) is 9.45. The number of piperidine rings is 1. The highest BCUT2D eigenvalue weighted by Gasteiger charge is 2.28. The number of carbonyl (C=O) groups is 1. The largest absolute Gasteiger partial charge is 0.328 e. The lowest BCUT2D eigenvalue weighted by molar-refractivity contribution is -0.121. The second-order valence-corrected chi connectivity index (χ2v) is 8.34. The molecule has 3 aromatic rings. The van der Waals surface area contributed by atoms with Crippen molar-refractivity contribution in [3.63, 3.8) is 0 Å². The zero-order chi connectivity index (χ0) is 21.8. The van der Waals surface area contributed by atoms with Gasteiger partial charge in [0.1, 0.15) is 5.82 Å². The molecule has 1 aromatic carbocycles. The van der Waals surface area contributed by atoms with Crippen LogP contribution in [-0.2, 0) is 4.79 Å². The molecule has 7 heteroatoms. The first-order valence-corrected chi connectivity index (χ1v) is 10.8. The fraction of sp³-hybridized carbons (Fsp3) is 0.292. The predicted molar refractivity (Wildman–Crippen MR) is 123 cm³/mol. The van der Waals surface area contributed by atoms with Crippen molar-refractivity contribution in [3.05, 3.63) is 81.9 Å². The van der Waals surface area contributed by atoms with E-state index in [1.807, 2.05) is 49.5 Å². The smallest absolute Gasteiger partial charge is 0.255 e. The Morgan fingerprint density at radius 3 is 2.81 bits per heavy atom. The Labute approximate surface area is 186 Å². The number of nitrogens with one attached hydrogen (secondary N) is 2. The standard InChI is InChI=1S/C24H25ClN4O2/c1-16(23(30)28-22-10-9-20(25)14-26-22)29-11-5-8-18(15-29)19-12-21(24(31)27-13-19)17-6-3-2-4-7-17/h2-4,6-7,9-10,12-14,16,18H,5,8,11,15H2,1H3,(H,27,31)(H,26,28,30). The van der Waals surface area contributed by atoms with Crippen LogP contribution in [-0.4, -0.2) is 39.9 Å². The van der Waals surface area contributed by atoms with Crippen LogP contribution in [0.4, 0.5) is 5.82 Å². The van der Waals surface area contributed by atoms with Crippen molar-refractivity contribution in [1.29, 1.82) is 0 Å². The number of H-pyrrole nitrogens is 1. The van der Waals surface area contributed by atoms with Crippen LogP contribution < -0.4 is 10.9 Å². The van der Waals surface area contributed by atoms with Gasteiger partial charge >= 0.3 is 0 Å². The second-order valence-electron chi connectivity index (χ2n) is 7.90. The minimum Gasteiger partial charge on any atom is -0.328 e. The third-order valence-electron chi connectivity index (χ3n) is 5.84. The number of halogens is 1. The summed E-state index contributed by atoms with van der Waals surface area (Å²) in [4.78, 5) is 34.4. The number of carbonyl (C=O) groups excluding carboxylic acids is 1. The molecule has 31 heavy (non-hydrogen) atoms. The minimum absolute atomic E-state index is 0.0918. The molecule has 2 unspecified atom stereocenters. The Hall–Kier alpha value is -2.96. The number of pyridine rings is 2. The Morgan fingerprint density at radius 1 is 1.26 bits per heavy atom. The molecule has 0 bridgehead atoms. The van der Waals surface area contributed by atoms with Crippen molar-refractivity contribution in [2.75, 3.05) is 18.4 Å². The van der Waals surface area contributed by atoms with Gasteiger partial charge < -0.3 is 10.3 Å². The number of benzene rings is 1. The quantitative estimate of drug-likeness (QED) is 0.625. The third-order valence-corrected chi connectivity index (χ3v) is 6.06. The van der Waals surface area contributed by atoms with E-state index in [2.05, 4.69) is 20.2 Å². The maximum atomic E-state index is 12.8. The number of amides is 1. The summed E-state index contributed by atoms with van der Waals surface area (Å²) in [5.74, 6) is 0.641. The number of anilines is 1. The zero-order valence-electron chi connectivity index (χ0n) is 17.3. The van der Waals surface area contributed by atoms with Crippen LogP contribution in [0.5, 0.6) is 0 Å². The summed E-state index contributed by atoms with van der Waals surface area (Å²) in [6.45, 7) is 3.52. The van der Waals surface area contributed by atoms with Gasteiger partial charge in [-0.25, -0.2) is 4.98 Å². The monoisotopic (exact) mass is 436 g/mol. The van der Waals surface area contributed by atoms with Gasteiger partial charge in [-0.15, -0.1) is 0 Å². The minimum atomic E-state index is -0.295. The predicted octanol–water partition coefficient (Wildman–Crippen LogP) is 4.30. The highest BCUT2D eigenvalue weighted by atomic mass is 35.5. The number of nitrogens with zero attached hydrogens (tertiary/aromatic N) is 2. The topological polar surface area (TPSA) is 78.1 Å². The number of rotatable bonds is 5. The van der Waals surface area contributed by atoms with Crippen molar-refractivity contribution in [2.24, 2.45) is 0 Å². The van der Waals surface area contributed by atoms with Crippen molar-refractivity contribution < 1.29 is 4.79 Å². The van der Waals surface area contributed by atoms with Gasteiger partial charge in [0.25, 0.3) is 5.56 Å². The highest BCUT2D eigenvalue weighted by molar-refractivity contribution is 6.30. The fourth-order valence-electron chi connectivity index (χ4n) is 4.04. The van der Waals surface area contributed by atoms with Crippen LogP contribution in [0.25, 0.3) is 11.1 Å². The van der Waals surface area contributed by atoms with E-state index in [0.29, 0.717) is 16.4 Å². The molecule has 160 valence electrons. The number of aromatic nitrogens is 2. The molecule has 1 saturated heterocycles. The van der Waals surface area contributed by atoms with Crippen LogP contribution in [0, 0.1) is 0 Å². The molecule has 2 atom stereocenters. The van der Waals surface area contributed by atoms with Gasteiger partial charge in [-0.3, -0.25) is 14.5 Å². The molecular weight excluding hydrogens is 412 g/mol. The molecule has 0 aliphatic carbocycles. The zero-order valence-corrected chi connectivity index (χ0v) is 18.1. The SMILES string of the molecule is CC(C(=O)Nc1ccc(Cl)cn1)N1CCCC(c2c[nH]c(=O)c(-c3ccccc3)c2)C1. The van der Waals surface area contributed by atoms with Gasteiger partial charge in [0.2, 0.25) is 5.91 Å². The van der Waals surface area contributed by atoms with E-state index in [1.54, 1.807) is 12.1 Å². The normalized spacial score (nSPS) is 17.8. The summed E-state index contributed by atoms with van der Waals surface area (Å²) < 4.78 is 0. The van der Waals surface area contributed by atoms with Crippen LogP contribution in [0.2, 0.25) is 5.02 Å². The number of hydrogen-bond donors (Lipinski definition) is 2. The molecule has 0 radical (unpaired) electrons. The summed E-state index contributed by atoms with van der Waals surface area (Å²) in [6, 6.07) is 14.8. The molecule has 3 heterocycles. The molecule has 0 saturated carbocycles. The fourth-order valence-corrected chi connectivity index (χ4v) is 4.16. The number of aromatic amines is 1. The van der Waals surface area contributed by atoms with E-state index >= 15 is 0 Å². The molecule has 1 amide bonds. The molecule has 1 aliphatic heterocycles. The summed E-state index contributed by atoms with van der Waals surface area (Å²) in [5.41, 5.74) is 2.58. The van der Waals surface area contributed by atoms with Crippen LogP contribution in [0.15, 0.2) is 65.7 Å². The Morgan fingerprint density at radius 2 is 2.06 bits per heavy atom. The van der Waals surface area contributed by atoms with Gasteiger partial charge in [-0.05, 0) is 61.6 Å². The van der Waals surface area contributed by atoms with Crippen LogP contribution in [0.3, 0.4) is 0 Å². The maximum Gasteiger partial charge on any atom is 0.255 e. The van der Waals surface area contributed by atoms with Crippen molar-refractivity contribution in [1.82, 2.24) is 14.9 Å². The highest BCUT2D eigenvalue weighted by Crippen LogP contribution is 2.29. The van der Waals surface area contributed by atoms with E-state index < -0.39 is 0 Å². The van der Waals surface area contributed by atoms with Gasteiger partial charge in [0.15, 0.2) is 0 Å². The lowest BCUT2D eigenvalue weighted by Crippen LogP contribution is -2.46. The molecule has 4 rings (SSSR count). The molecule has 0 spiro atoms. The van der Waals surface area contributed by atoms with E-state index in [-0.39, 0.29) is 23.4 Å². The average molecular weight is 437 g/mol. The van der Waals surface area contributed by atoms with Crippen molar-refractivity contribution in [2.45, 2.75) is 31.7 Å². The van der Waals surface area contributed by atoms with E-state index in [4.69, 9.17) is 11.6 Å². The number of likely N-dealkylation sites (tertiary alicyclic amines) is 1. The third kappa shape index (κ3) is 5.03. The lowest BCUT2D eigenvalue weighted by Gasteiger charge is -2.36. The number of hydrogen-bond acceptors (Lipinski definition) is 4. The van der Waals surface area contributed by atoms with Crippen molar-refractivity contribution >= 4 is 23.3 Å². The molecule has 1 aliphatic rings. The summed E-state index contributed by atoms with van der Waals surface area (Å²) in [7, 11) is 0. The molecule has 2 aromatic heterocycles. The van der Waals surface area contributed by atoms with Crippen molar-refractivity contribution in [3.8, 4) is 11.1 Å². The first-order chi connectivity index (χ1) is 15.0. The maximum absolute atomic E-state index is 12.8. The summed E-state index contributed by atoms with van der Waals surface area (Å²) >= 11 is 5.86. The average Bonchev–Trinajstić information content (AvgIpc) is 2.81. The van der Waals surface area contributed by atoms with E-state index in [0.717, 1.165) is 37.1 Å². The van der Waals surface area contributed by atoms with E-state index in [1.165, 1.54) is 6.20 Å². The Balaban J connectivity index is 1.47. The molecule has 6 nitrogen and oxygen atoms in total. The van der Waals surface area contributed by atoms with Gasteiger partial charge in [0, 0.05) is 24.5 Å². The summed E-state index contributed by atoms with van der Waals surface area (Å²) in [6.07, 6.45) is 5.33. The Kier molecular flexibility index (Phi) is 6.49. The Bertz CT molecular complexity index is 1100. The van der Waals surface area contributed by atoms with E-state index in [9.17, 15) is 9.59 Å².